The van der Waals surface area contributed by atoms with Crippen LogP contribution in [0.25, 0.3) is 16.7 Å². The van der Waals surface area contributed by atoms with E-state index in [2.05, 4.69) is 20.4 Å². The van der Waals surface area contributed by atoms with Crippen molar-refractivity contribution in [1.29, 1.82) is 0 Å². The van der Waals surface area contributed by atoms with Crippen molar-refractivity contribution in [3.05, 3.63) is 70.0 Å². The molecule has 0 atom stereocenters. The van der Waals surface area contributed by atoms with Crippen molar-refractivity contribution < 1.29 is 22.6 Å². The van der Waals surface area contributed by atoms with E-state index in [4.69, 9.17) is 21.1 Å². The van der Waals surface area contributed by atoms with E-state index in [-0.39, 0.29) is 34.2 Å². The van der Waals surface area contributed by atoms with Gasteiger partial charge in [0.2, 0.25) is 5.95 Å². The predicted octanol–water partition coefficient (Wildman–Crippen LogP) is 6.51. The van der Waals surface area contributed by atoms with Gasteiger partial charge in [0, 0.05) is 32.1 Å². The molecule has 0 saturated heterocycles. The summed E-state index contributed by atoms with van der Waals surface area (Å²) in [5.41, 5.74) is -0.506. The molecular formula is C28H27ClF3N7O3. The molecule has 5 aromatic heterocycles. The molecule has 0 amide bonds. The van der Waals surface area contributed by atoms with Gasteiger partial charge in [0.1, 0.15) is 21.7 Å². The van der Waals surface area contributed by atoms with Crippen molar-refractivity contribution in [3.63, 3.8) is 0 Å². The fourth-order valence-electron chi connectivity index (χ4n) is 4.94. The van der Waals surface area contributed by atoms with Gasteiger partial charge in [-0.1, -0.05) is 31.0 Å². The molecule has 14 heteroatoms. The predicted molar refractivity (Wildman–Crippen MR) is 151 cm³/mol. The average Bonchev–Trinajstić information content (AvgIpc) is 3.48. The van der Waals surface area contributed by atoms with Crippen LogP contribution in [0.2, 0.25) is 5.02 Å². The molecular weight excluding hydrogens is 575 g/mol. The zero-order chi connectivity index (χ0) is 29.6. The summed E-state index contributed by atoms with van der Waals surface area (Å²) in [6.07, 6.45) is 3.68. The van der Waals surface area contributed by atoms with E-state index in [1.165, 1.54) is 10.8 Å². The van der Waals surface area contributed by atoms with Crippen LogP contribution in [0.4, 0.5) is 24.8 Å². The topological polar surface area (TPSA) is 100 Å². The Bertz CT molecular complexity index is 1830. The van der Waals surface area contributed by atoms with E-state index in [1.54, 1.807) is 24.0 Å². The molecule has 10 nitrogen and oxygen atoms in total. The lowest BCUT2D eigenvalue weighted by molar-refractivity contribution is -0.138. The van der Waals surface area contributed by atoms with Crippen LogP contribution in [0.5, 0.6) is 11.5 Å². The van der Waals surface area contributed by atoms with E-state index in [0.29, 0.717) is 36.2 Å². The molecule has 0 unspecified atom stereocenters. The Kier molecular flexibility index (Phi) is 7.31. The second-order valence-corrected chi connectivity index (χ2v) is 10.6. The average molecular weight is 602 g/mol. The molecule has 0 radical (unpaired) electrons. The number of hydrogen-bond acceptors (Lipinski definition) is 7. The smallest absolute Gasteiger partial charge is 0.417 e. The summed E-state index contributed by atoms with van der Waals surface area (Å²) in [6.45, 7) is 2.64. The van der Waals surface area contributed by atoms with Crippen LogP contribution in [0.1, 0.15) is 44.2 Å². The third-order valence-corrected chi connectivity index (χ3v) is 7.71. The number of aromatic nitrogens is 6. The number of rotatable bonds is 9. The number of nitrogens with zero attached hydrogens (tertiary/aromatic N) is 6. The third-order valence-electron chi connectivity index (χ3n) is 7.35. The van der Waals surface area contributed by atoms with Crippen LogP contribution >= 0.6 is 11.6 Å². The molecule has 1 saturated carbocycles. The van der Waals surface area contributed by atoms with Gasteiger partial charge in [0.05, 0.1) is 24.1 Å². The molecule has 1 aliphatic carbocycles. The number of aryl methyl sites for hydroxylation is 1. The Hall–Kier alpha value is -4.10. The molecule has 5 heterocycles. The SMILES string of the molecule is CCCCOC1CC(n2cc(C(F)(F)F)cc(Nc3nc4ncc(Oc5cnn6ccccc56)c(Cl)c4n3C)c2=O)C1. The van der Waals surface area contributed by atoms with Gasteiger partial charge < -0.3 is 23.9 Å². The van der Waals surface area contributed by atoms with Crippen LogP contribution in [-0.2, 0) is 18.0 Å². The summed E-state index contributed by atoms with van der Waals surface area (Å²) in [7, 11) is 1.61. The van der Waals surface area contributed by atoms with E-state index >= 15 is 0 Å². The quantitative estimate of drug-likeness (QED) is 0.192. The lowest BCUT2D eigenvalue weighted by Gasteiger charge is -2.36. The zero-order valence-electron chi connectivity index (χ0n) is 22.7. The molecule has 6 rings (SSSR count). The van der Waals surface area contributed by atoms with Crippen LogP contribution in [0.15, 0.2) is 53.8 Å². The van der Waals surface area contributed by atoms with Crippen LogP contribution in [0.3, 0.4) is 0 Å². The van der Waals surface area contributed by atoms with Crippen molar-refractivity contribution in [2.75, 3.05) is 11.9 Å². The van der Waals surface area contributed by atoms with Gasteiger partial charge >= 0.3 is 6.18 Å². The third kappa shape index (κ3) is 5.18. The number of unbranched alkanes of at least 4 members (excludes halogenated alkanes) is 1. The van der Waals surface area contributed by atoms with Crippen LogP contribution in [0, 0.1) is 0 Å². The number of nitrogens with one attached hydrogen (secondary N) is 1. The highest BCUT2D eigenvalue weighted by Crippen LogP contribution is 2.38. The maximum absolute atomic E-state index is 13.8. The van der Waals surface area contributed by atoms with Gasteiger partial charge in [-0.05, 0) is 37.5 Å². The zero-order valence-corrected chi connectivity index (χ0v) is 23.5. The van der Waals surface area contributed by atoms with E-state index in [0.717, 1.165) is 29.7 Å². The minimum absolute atomic E-state index is 0.0791. The van der Waals surface area contributed by atoms with Crippen molar-refractivity contribution in [1.82, 2.24) is 28.7 Å². The van der Waals surface area contributed by atoms with E-state index < -0.39 is 23.3 Å². The molecule has 1 N–H and O–H groups in total. The van der Waals surface area contributed by atoms with Gasteiger partial charge in [-0.15, -0.1) is 0 Å². The highest BCUT2D eigenvalue weighted by atomic mass is 35.5. The largest absolute Gasteiger partial charge is 0.450 e. The molecule has 220 valence electrons. The monoisotopic (exact) mass is 601 g/mol. The molecule has 5 aromatic rings. The first-order valence-electron chi connectivity index (χ1n) is 13.5. The number of halogens is 4. The summed E-state index contributed by atoms with van der Waals surface area (Å²) in [4.78, 5) is 22.1. The summed E-state index contributed by atoms with van der Waals surface area (Å²) in [5.74, 6) is 0.780. The number of anilines is 2. The summed E-state index contributed by atoms with van der Waals surface area (Å²) < 4.78 is 57.6. The van der Waals surface area contributed by atoms with Crippen LogP contribution in [-0.4, -0.2) is 41.4 Å². The molecule has 0 bridgehead atoms. The number of imidazole rings is 1. The van der Waals surface area contributed by atoms with E-state index in [9.17, 15) is 18.0 Å². The highest BCUT2D eigenvalue weighted by Gasteiger charge is 2.36. The first-order valence-corrected chi connectivity index (χ1v) is 13.8. The van der Waals surface area contributed by atoms with Gasteiger partial charge in [-0.25, -0.2) is 9.50 Å². The van der Waals surface area contributed by atoms with Crippen LogP contribution < -0.4 is 15.6 Å². The fourth-order valence-corrected chi connectivity index (χ4v) is 5.24. The van der Waals surface area contributed by atoms with E-state index in [1.807, 2.05) is 25.1 Å². The minimum Gasteiger partial charge on any atom is -0.450 e. The van der Waals surface area contributed by atoms with Crippen molar-refractivity contribution >= 4 is 39.9 Å². The lowest BCUT2D eigenvalue weighted by Crippen LogP contribution is -2.39. The number of ether oxygens (including phenoxy) is 2. The minimum atomic E-state index is -4.66. The normalized spacial score (nSPS) is 17.1. The van der Waals surface area contributed by atoms with Gasteiger partial charge in [-0.2, -0.15) is 23.3 Å². The summed E-state index contributed by atoms with van der Waals surface area (Å²) in [5, 5.41) is 7.21. The highest BCUT2D eigenvalue weighted by molar-refractivity contribution is 6.36. The Morgan fingerprint density at radius 3 is 2.76 bits per heavy atom. The Balaban J connectivity index is 1.30. The van der Waals surface area contributed by atoms with Crippen molar-refractivity contribution in [3.8, 4) is 11.5 Å². The summed E-state index contributed by atoms with van der Waals surface area (Å²) in [6, 6.07) is 5.90. The maximum Gasteiger partial charge on any atom is 0.417 e. The maximum atomic E-state index is 13.8. The van der Waals surface area contributed by atoms with Crippen molar-refractivity contribution in [2.24, 2.45) is 7.05 Å². The van der Waals surface area contributed by atoms with Crippen molar-refractivity contribution in [2.45, 2.75) is 50.9 Å². The molecule has 0 aliphatic heterocycles. The Labute approximate surface area is 242 Å². The van der Waals surface area contributed by atoms with Gasteiger partial charge in [0.15, 0.2) is 17.1 Å². The fraction of sp³-hybridized carbons (Fsp3) is 0.357. The molecule has 1 aliphatic rings. The molecule has 42 heavy (non-hydrogen) atoms. The standard InChI is InChI=1S/C28H27ClF3N7O3/c1-3-4-9-41-18-11-17(12-18)38-15-16(28(30,31)32)10-19(26(38)40)35-27-36-25-24(37(27)2)23(29)22(13-33-25)42-21-14-34-39-8-6-5-7-20(21)39/h5-8,10,13-15,17-18H,3-4,9,11-12H2,1-2H3,(H,33,35,36). The first kappa shape index (κ1) is 28.0. The number of pyridine rings is 3. The number of alkyl halides is 3. The van der Waals surface area contributed by atoms with Gasteiger partial charge in [-0.3, -0.25) is 4.79 Å². The van der Waals surface area contributed by atoms with Gasteiger partial charge in [0.25, 0.3) is 5.56 Å². The Morgan fingerprint density at radius 1 is 1.19 bits per heavy atom. The molecule has 1 fully saturated rings. The second-order valence-electron chi connectivity index (χ2n) is 10.2. The Morgan fingerprint density at radius 2 is 2.00 bits per heavy atom. The second kappa shape index (κ2) is 11.0. The number of hydrogen-bond donors (Lipinski definition) is 1. The number of fused-ring (bicyclic) bond motifs is 2. The first-order chi connectivity index (χ1) is 20.1. The molecule has 0 spiro atoms. The summed E-state index contributed by atoms with van der Waals surface area (Å²) >= 11 is 6.69. The molecule has 0 aromatic carbocycles. The lowest BCUT2D eigenvalue weighted by atomic mass is 9.88.